The highest BCUT2D eigenvalue weighted by Crippen LogP contribution is 2.28. The van der Waals surface area contributed by atoms with E-state index in [4.69, 9.17) is 16.3 Å². The van der Waals surface area contributed by atoms with Crippen molar-refractivity contribution in [2.24, 2.45) is 0 Å². The molecule has 2 aromatic carbocycles. The minimum absolute atomic E-state index is 0.0588. The number of hydrogen-bond acceptors (Lipinski definition) is 7. The lowest BCUT2D eigenvalue weighted by molar-refractivity contribution is -0.384. The summed E-state index contributed by atoms with van der Waals surface area (Å²) in [6, 6.07) is 12.2. The lowest BCUT2D eigenvalue weighted by Gasteiger charge is -2.18. The minimum Gasteiger partial charge on any atom is -0.443 e. The highest BCUT2D eigenvalue weighted by Gasteiger charge is 2.27. The number of hydrogen-bond donors (Lipinski definition) is 1. The van der Waals surface area contributed by atoms with Crippen molar-refractivity contribution in [3.8, 4) is 0 Å². The molecule has 0 radical (unpaired) electrons. The summed E-state index contributed by atoms with van der Waals surface area (Å²) in [6.45, 7) is 1.72. The van der Waals surface area contributed by atoms with Crippen molar-refractivity contribution in [3.63, 3.8) is 0 Å². The molecule has 1 heterocycles. The summed E-state index contributed by atoms with van der Waals surface area (Å²) >= 11 is 5.80. The first-order valence-corrected chi connectivity index (χ1v) is 9.02. The lowest BCUT2D eigenvalue weighted by Crippen LogP contribution is -2.26. The van der Waals surface area contributed by atoms with Crippen LogP contribution in [0.4, 0.5) is 11.4 Å². The number of anilines is 1. The van der Waals surface area contributed by atoms with Gasteiger partial charge in [-0.1, -0.05) is 41.9 Å². The van der Waals surface area contributed by atoms with Crippen LogP contribution in [0.5, 0.6) is 0 Å². The number of esters is 1. The predicted molar refractivity (Wildman–Crippen MR) is 108 cm³/mol. The number of nitro groups is 1. The van der Waals surface area contributed by atoms with E-state index in [9.17, 15) is 19.7 Å². The average molecular weight is 427 g/mol. The van der Waals surface area contributed by atoms with E-state index < -0.39 is 22.9 Å². The lowest BCUT2D eigenvalue weighted by atomic mass is 10.1. The van der Waals surface area contributed by atoms with Crippen molar-refractivity contribution in [2.45, 2.75) is 13.0 Å². The number of rotatable bonds is 6. The first-order valence-electron chi connectivity index (χ1n) is 8.64. The molecule has 1 amide bonds. The Morgan fingerprint density at radius 3 is 2.50 bits per heavy atom. The molecule has 1 unspecified atom stereocenters. The Balaban J connectivity index is 1.86. The molecular formula is C20H15ClN4O5. The van der Waals surface area contributed by atoms with E-state index in [0.29, 0.717) is 11.3 Å². The SMILES string of the molecule is Cc1cnc(C(=O)OC(C(=O)Nc2ccc(Cl)c([N+](=O)[O-])c2)c2ccccc2)cn1. The molecule has 1 atom stereocenters. The van der Waals surface area contributed by atoms with Crippen LogP contribution in [0.2, 0.25) is 5.02 Å². The summed E-state index contributed by atoms with van der Waals surface area (Å²) in [5.74, 6) is -1.54. The summed E-state index contributed by atoms with van der Waals surface area (Å²) in [5.41, 5.74) is 0.734. The van der Waals surface area contributed by atoms with Crippen LogP contribution in [0, 0.1) is 17.0 Å². The maximum Gasteiger partial charge on any atom is 0.359 e. The zero-order chi connectivity index (χ0) is 21.7. The van der Waals surface area contributed by atoms with Crippen molar-refractivity contribution in [1.82, 2.24) is 9.97 Å². The van der Waals surface area contributed by atoms with E-state index in [1.807, 2.05) is 0 Å². The van der Waals surface area contributed by atoms with Crippen LogP contribution in [-0.2, 0) is 9.53 Å². The van der Waals surface area contributed by atoms with Gasteiger partial charge in [-0.25, -0.2) is 9.78 Å². The van der Waals surface area contributed by atoms with Gasteiger partial charge in [0, 0.05) is 23.5 Å². The van der Waals surface area contributed by atoms with Crippen LogP contribution in [0.1, 0.15) is 27.8 Å². The van der Waals surface area contributed by atoms with Crippen LogP contribution in [0.3, 0.4) is 0 Å². The summed E-state index contributed by atoms with van der Waals surface area (Å²) in [6.07, 6.45) is 1.33. The third-order valence-corrected chi connectivity index (χ3v) is 4.29. The molecule has 152 valence electrons. The fraction of sp³-hybridized carbons (Fsp3) is 0.100. The number of benzene rings is 2. The van der Waals surface area contributed by atoms with E-state index in [-0.39, 0.29) is 22.1 Å². The molecule has 0 aliphatic carbocycles. The Bertz CT molecular complexity index is 1090. The second kappa shape index (κ2) is 9.10. The Kier molecular flexibility index (Phi) is 6.33. The number of nitrogens with one attached hydrogen (secondary N) is 1. The molecule has 30 heavy (non-hydrogen) atoms. The molecule has 3 aromatic rings. The van der Waals surface area contributed by atoms with Gasteiger partial charge < -0.3 is 10.1 Å². The molecule has 9 nitrogen and oxygen atoms in total. The van der Waals surface area contributed by atoms with E-state index in [0.717, 1.165) is 6.07 Å². The first kappa shape index (κ1) is 20.9. The number of aryl methyl sites for hydroxylation is 1. The highest BCUT2D eigenvalue weighted by atomic mass is 35.5. The van der Waals surface area contributed by atoms with Crippen LogP contribution < -0.4 is 5.32 Å². The molecule has 0 spiro atoms. The molecular weight excluding hydrogens is 412 g/mol. The Morgan fingerprint density at radius 2 is 1.87 bits per heavy atom. The Hall–Kier alpha value is -3.85. The number of carbonyl (C=O) groups excluding carboxylic acids is 2. The monoisotopic (exact) mass is 426 g/mol. The fourth-order valence-electron chi connectivity index (χ4n) is 2.50. The van der Waals surface area contributed by atoms with Crippen LogP contribution in [0.15, 0.2) is 60.9 Å². The third kappa shape index (κ3) is 4.95. The number of carbonyl (C=O) groups is 2. The van der Waals surface area contributed by atoms with Gasteiger partial charge >= 0.3 is 5.97 Å². The zero-order valence-electron chi connectivity index (χ0n) is 15.6. The fourth-order valence-corrected chi connectivity index (χ4v) is 2.69. The van der Waals surface area contributed by atoms with Gasteiger partial charge in [-0.2, -0.15) is 0 Å². The molecule has 10 heteroatoms. The number of halogens is 1. The molecule has 0 bridgehead atoms. The molecule has 0 aliphatic rings. The summed E-state index contributed by atoms with van der Waals surface area (Å²) in [4.78, 5) is 43.7. The van der Waals surface area contributed by atoms with E-state index in [2.05, 4.69) is 15.3 Å². The van der Waals surface area contributed by atoms with E-state index in [1.54, 1.807) is 37.3 Å². The van der Waals surface area contributed by atoms with Gasteiger partial charge in [-0.15, -0.1) is 0 Å². The van der Waals surface area contributed by atoms with Crippen LogP contribution in [-0.4, -0.2) is 26.8 Å². The van der Waals surface area contributed by atoms with Crippen molar-refractivity contribution in [3.05, 3.63) is 93.0 Å². The number of ether oxygens (including phenoxy) is 1. The van der Waals surface area contributed by atoms with Crippen LogP contribution >= 0.6 is 11.6 Å². The van der Waals surface area contributed by atoms with Gasteiger partial charge in [0.1, 0.15) is 5.02 Å². The van der Waals surface area contributed by atoms with Gasteiger partial charge in [0.05, 0.1) is 16.8 Å². The Labute approximate surface area is 175 Å². The largest absolute Gasteiger partial charge is 0.443 e. The molecule has 0 saturated carbocycles. The highest BCUT2D eigenvalue weighted by molar-refractivity contribution is 6.32. The van der Waals surface area contributed by atoms with E-state index >= 15 is 0 Å². The van der Waals surface area contributed by atoms with Gasteiger partial charge in [-0.05, 0) is 19.1 Å². The summed E-state index contributed by atoms with van der Waals surface area (Å²) in [5, 5.41) is 13.5. The van der Waals surface area contributed by atoms with Crippen molar-refractivity contribution in [2.75, 3.05) is 5.32 Å². The maximum atomic E-state index is 12.9. The maximum absolute atomic E-state index is 12.9. The minimum atomic E-state index is -1.32. The summed E-state index contributed by atoms with van der Waals surface area (Å²) < 4.78 is 5.38. The van der Waals surface area contributed by atoms with Crippen molar-refractivity contribution < 1.29 is 19.2 Å². The molecule has 0 fully saturated rings. The number of nitrogens with zero attached hydrogens (tertiary/aromatic N) is 3. The van der Waals surface area contributed by atoms with Crippen molar-refractivity contribution in [1.29, 1.82) is 0 Å². The molecule has 0 aliphatic heterocycles. The van der Waals surface area contributed by atoms with Gasteiger partial charge in [-0.3, -0.25) is 19.9 Å². The smallest absolute Gasteiger partial charge is 0.359 e. The second-order valence-electron chi connectivity index (χ2n) is 6.15. The quantitative estimate of drug-likeness (QED) is 0.360. The molecule has 0 saturated heterocycles. The molecule has 1 N–H and O–H groups in total. The van der Waals surface area contributed by atoms with Crippen molar-refractivity contribution >= 4 is 34.9 Å². The van der Waals surface area contributed by atoms with Gasteiger partial charge in [0.25, 0.3) is 11.6 Å². The van der Waals surface area contributed by atoms with E-state index in [1.165, 1.54) is 24.5 Å². The molecule has 1 aromatic heterocycles. The first-order chi connectivity index (χ1) is 14.3. The zero-order valence-corrected chi connectivity index (χ0v) is 16.4. The normalized spacial score (nSPS) is 11.4. The standard InChI is InChI=1S/C20H15ClN4O5/c1-12-10-23-16(11-22-12)20(27)30-18(13-5-3-2-4-6-13)19(26)24-14-7-8-15(21)17(9-14)25(28)29/h2-11,18H,1H3,(H,24,26). The molecule has 3 rings (SSSR count). The predicted octanol–water partition coefficient (Wildman–Crippen LogP) is 3.88. The van der Waals surface area contributed by atoms with Crippen LogP contribution in [0.25, 0.3) is 0 Å². The Morgan fingerprint density at radius 1 is 1.13 bits per heavy atom. The number of aromatic nitrogens is 2. The third-order valence-electron chi connectivity index (χ3n) is 3.97. The average Bonchev–Trinajstić information content (AvgIpc) is 2.74. The number of amides is 1. The summed E-state index contributed by atoms with van der Waals surface area (Å²) in [7, 11) is 0. The topological polar surface area (TPSA) is 124 Å². The van der Waals surface area contributed by atoms with Gasteiger partial charge in [0.2, 0.25) is 6.10 Å². The number of nitro benzene ring substituents is 1. The van der Waals surface area contributed by atoms with Gasteiger partial charge in [0.15, 0.2) is 5.69 Å². The second-order valence-corrected chi connectivity index (χ2v) is 6.56.